The van der Waals surface area contributed by atoms with E-state index < -0.39 is 0 Å². The molecule has 0 spiro atoms. The van der Waals surface area contributed by atoms with Crippen molar-refractivity contribution < 1.29 is 4.79 Å². The van der Waals surface area contributed by atoms with Crippen LogP contribution in [0.3, 0.4) is 0 Å². The van der Waals surface area contributed by atoms with Crippen molar-refractivity contribution in [1.29, 1.82) is 0 Å². The lowest BCUT2D eigenvalue weighted by Gasteiger charge is -2.07. The average Bonchev–Trinajstić information content (AvgIpc) is 2.55. The molecule has 1 aliphatic heterocycles. The highest BCUT2D eigenvalue weighted by molar-refractivity contribution is 6.01. The molecule has 1 N–H and O–H groups in total. The summed E-state index contributed by atoms with van der Waals surface area (Å²) in [5, 5.41) is 6.48. The van der Waals surface area contributed by atoms with Crippen LogP contribution in [0.15, 0.2) is 17.3 Å². The quantitative estimate of drug-likeness (QED) is 0.602. The number of H-pyrrole nitrogens is 1. The number of amides is 1. The highest BCUT2D eigenvalue weighted by Crippen LogP contribution is 2.08. The number of carbonyl (C=O) groups is 1. The standard InChI is InChI=1S/C6H6N4O/c11-6-3-10(4-7-6)5-1-2-8-9-5/h1-2,4H,3H2,(H,8,9). The molecular weight excluding hydrogens is 144 g/mol. The molecule has 2 rings (SSSR count). The summed E-state index contributed by atoms with van der Waals surface area (Å²) in [5.74, 6) is 0.666. The van der Waals surface area contributed by atoms with Crippen LogP contribution in [0.5, 0.6) is 0 Å². The second-order valence-corrected chi connectivity index (χ2v) is 2.21. The van der Waals surface area contributed by atoms with Gasteiger partial charge in [0.2, 0.25) is 0 Å². The Bertz CT molecular complexity index is 290. The molecule has 2 heterocycles. The van der Waals surface area contributed by atoms with Crippen molar-refractivity contribution in [3.8, 4) is 0 Å². The molecular formula is C6H6N4O. The fourth-order valence-electron chi connectivity index (χ4n) is 0.917. The molecule has 0 bridgehead atoms. The van der Waals surface area contributed by atoms with E-state index in [0.29, 0.717) is 6.54 Å². The van der Waals surface area contributed by atoms with Crippen LogP contribution < -0.4 is 4.90 Å². The van der Waals surface area contributed by atoms with Gasteiger partial charge in [0.25, 0.3) is 5.91 Å². The van der Waals surface area contributed by atoms with Crippen LogP contribution in [0.2, 0.25) is 0 Å². The number of aromatic amines is 1. The maximum atomic E-state index is 10.7. The Balaban J connectivity index is 2.21. The maximum Gasteiger partial charge on any atom is 0.267 e. The lowest BCUT2D eigenvalue weighted by Crippen LogP contribution is -2.20. The van der Waals surface area contributed by atoms with Crippen molar-refractivity contribution in [2.75, 3.05) is 11.4 Å². The van der Waals surface area contributed by atoms with E-state index in [-0.39, 0.29) is 5.91 Å². The smallest absolute Gasteiger partial charge is 0.267 e. The molecule has 0 saturated heterocycles. The minimum atomic E-state index is -0.125. The zero-order valence-corrected chi connectivity index (χ0v) is 5.69. The molecule has 1 aromatic rings. The summed E-state index contributed by atoms with van der Waals surface area (Å²) < 4.78 is 0. The molecule has 0 radical (unpaired) electrons. The highest BCUT2D eigenvalue weighted by Gasteiger charge is 2.15. The molecule has 0 unspecified atom stereocenters. The third kappa shape index (κ3) is 1.000. The van der Waals surface area contributed by atoms with Gasteiger partial charge in [-0.3, -0.25) is 9.89 Å². The zero-order valence-electron chi connectivity index (χ0n) is 5.69. The summed E-state index contributed by atoms with van der Waals surface area (Å²) in [4.78, 5) is 16.0. The first-order valence-electron chi connectivity index (χ1n) is 3.19. The summed E-state index contributed by atoms with van der Waals surface area (Å²) in [7, 11) is 0. The van der Waals surface area contributed by atoms with Crippen molar-refractivity contribution >= 4 is 18.1 Å². The van der Waals surface area contributed by atoms with E-state index in [1.54, 1.807) is 17.2 Å². The molecule has 1 amide bonds. The molecule has 5 nitrogen and oxygen atoms in total. The highest BCUT2D eigenvalue weighted by atomic mass is 16.2. The average molecular weight is 150 g/mol. The number of aliphatic imine (C=N–C) groups is 1. The zero-order chi connectivity index (χ0) is 7.68. The summed E-state index contributed by atoms with van der Waals surface area (Å²) in [6.45, 7) is 0.308. The van der Waals surface area contributed by atoms with Crippen molar-refractivity contribution in [3.05, 3.63) is 12.3 Å². The van der Waals surface area contributed by atoms with E-state index in [9.17, 15) is 4.79 Å². The Morgan fingerprint density at radius 1 is 1.64 bits per heavy atom. The first kappa shape index (κ1) is 6.09. The monoisotopic (exact) mass is 150 g/mol. The van der Waals surface area contributed by atoms with Gasteiger partial charge >= 0.3 is 0 Å². The lowest BCUT2D eigenvalue weighted by molar-refractivity contribution is -0.115. The number of carbonyl (C=O) groups excluding carboxylic acids is 1. The normalized spacial score (nSPS) is 16.4. The number of hydrogen-bond donors (Lipinski definition) is 1. The van der Waals surface area contributed by atoms with Crippen LogP contribution in [0, 0.1) is 0 Å². The SMILES string of the molecule is O=C1CN(c2ccn[nH]2)C=N1. The van der Waals surface area contributed by atoms with Crippen LogP contribution in [-0.4, -0.2) is 29.0 Å². The number of anilines is 1. The molecule has 0 fully saturated rings. The van der Waals surface area contributed by atoms with E-state index in [2.05, 4.69) is 15.2 Å². The Labute approximate surface area is 62.7 Å². The predicted molar refractivity (Wildman–Crippen MR) is 39.4 cm³/mol. The third-order valence-corrected chi connectivity index (χ3v) is 1.44. The Morgan fingerprint density at radius 2 is 2.55 bits per heavy atom. The van der Waals surface area contributed by atoms with Crippen LogP contribution in [0.25, 0.3) is 0 Å². The minimum Gasteiger partial charge on any atom is -0.308 e. The lowest BCUT2D eigenvalue weighted by atomic mass is 10.5. The molecule has 56 valence electrons. The number of nitrogens with one attached hydrogen (secondary N) is 1. The molecule has 0 aliphatic carbocycles. The van der Waals surface area contributed by atoms with Gasteiger partial charge in [0.05, 0.1) is 6.20 Å². The van der Waals surface area contributed by atoms with Gasteiger partial charge in [-0.15, -0.1) is 0 Å². The molecule has 5 heteroatoms. The van der Waals surface area contributed by atoms with Crippen LogP contribution in [0.4, 0.5) is 5.82 Å². The minimum absolute atomic E-state index is 0.125. The Morgan fingerprint density at radius 3 is 3.09 bits per heavy atom. The van der Waals surface area contributed by atoms with Crippen molar-refractivity contribution in [2.45, 2.75) is 0 Å². The second-order valence-electron chi connectivity index (χ2n) is 2.21. The molecule has 11 heavy (non-hydrogen) atoms. The van der Waals surface area contributed by atoms with Gasteiger partial charge in [0, 0.05) is 6.07 Å². The van der Waals surface area contributed by atoms with Crippen LogP contribution in [-0.2, 0) is 4.79 Å². The first-order valence-corrected chi connectivity index (χ1v) is 3.19. The Kier molecular flexibility index (Phi) is 1.21. The van der Waals surface area contributed by atoms with Crippen LogP contribution >= 0.6 is 0 Å². The van der Waals surface area contributed by atoms with Gasteiger partial charge in [-0.2, -0.15) is 5.10 Å². The van der Waals surface area contributed by atoms with Crippen molar-refractivity contribution in [3.63, 3.8) is 0 Å². The molecule has 0 atom stereocenters. The number of hydrogen-bond acceptors (Lipinski definition) is 3. The fraction of sp³-hybridized carbons (Fsp3) is 0.167. The summed E-state index contributed by atoms with van der Waals surface area (Å²) >= 11 is 0. The number of aromatic nitrogens is 2. The van der Waals surface area contributed by atoms with E-state index in [1.165, 1.54) is 6.34 Å². The van der Waals surface area contributed by atoms with Gasteiger partial charge in [-0.1, -0.05) is 0 Å². The predicted octanol–water partition coefficient (Wildman–Crippen LogP) is -0.215. The molecule has 1 aliphatic rings. The molecule has 0 saturated carbocycles. The van der Waals surface area contributed by atoms with Gasteiger partial charge in [-0.25, -0.2) is 4.99 Å². The largest absolute Gasteiger partial charge is 0.308 e. The summed E-state index contributed by atoms with van der Waals surface area (Å²) in [6, 6.07) is 1.78. The molecule has 0 aromatic carbocycles. The number of rotatable bonds is 1. The Hall–Kier alpha value is -1.65. The van der Waals surface area contributed by atoms with Crippen LogP contribution in [0.1, 0.15) is 0 Å². The first-order chi connectivity index (χ1) is 5.36. The second kappa shape index (κ2) is 2.19. The topological polar surface area (TPSA) is 61.4 Å². The van der Waals surface area contributed by atoms with E-state index in [0.717, 1.165) is 5.82 Å². The van der Waals surface area contributed by atoms with E-state index >= 15 is 0 Å². The van der Waals surface area contributed by atoms with E-state index in [4.69, 9.17) is 0 Å². The number of nitrogens with zero attached hydrogens (tertiary/aromatic N) is 3. The van der Waals surface area contributed by atoms with Gasteiger partial charge in [0.1, 0.15) is 18.7 Å². The van der Waals surface area contributed by atoms with Crippen molar-refractivity contribution in [1.82, 2.24) is 10.2 Å². The summed E-state index contributed by atoms with van der Waals surface area (Å²) in [5.41, 5.74) is 0. The third-order valence-electron chi connectivity index (χ3n) is 1.44. The molecule has 1 aromatic heterocycles. The van der Waals surface area contributed by atoms with Gasteiger partial charge in [-0.05, 0) is 0 Å². The van der Waals surface area contributed by atoms with Gasteiger partial charge in [0.15, 0.2) is 0 Å². The fourth-order valence-corrected chi connectivity index (χ4v) is 0.917. The van der Waals surface area contributed by atoms with Gasteiger partial charge < -0.3 is 4.90 Å². The summed E-state index contributed by atoms with van der Waals surface area (Å²) in [6.07, 6.45) is 3.13. The van der Waals surface area contributed by atoms with E-state index in [1.807, 2.05) is 0 Å². The maximum absolute atomic E-state index is 10.7. The van der Waals surface area contributed by atoms with Crippen molar-refractivity contribution in [2.24, 2.45) is 4.99 Å².